The van der Waals surface area contributed by atoms with Crippen LogP contribution in [0.15, 0.2) is 30.4 Å². The summed E-state index contributed by atoms with van der Waals surface area (Å²) in [6, 6.07) is 4.96. The summed E-state index contributed by atoms with van der Waals surface area (Å²) in [5, 5.41) is 5.58. The summed E-state index contributed by atoms with van der Waals surface area (Å²) in [7, 11) is 7.49. The number of carbonyl (C=O) groups is 3. The molecule has 0 radical (unpaired) electrons. The molecule has 196 valence electrons. The third kappa shape index (κ3) is 14.7. The van der Waals surface area contributed by atoms with E-state index in [1.807, 2.05) is 21.1 Å². The van der Waals surface area contributed by atoms with Gasteiger partial charge in [0.2, 0.25) is 5.91 Å². The normalized spacial score (nSPS) is 11.4. The molecule has 2 amide bonds. The van der Waals surface area contributed by atoms with Crippen LogP contribution in [0.2, 0.25) is 0 Å². The lowest BCUT2D eigenvalue weighted by Crippen LogP contribution is -2.42. The van der Waals surface area contributed by atoms with Gasteiger partial charge in [-0.3, -0.25) is 9.59 Å². The van der Waals surface area contributed by atoms with E-state index >= 15 is 0 Å². The number of ether oxygens (including phenoxy) is 3. The molecule has 0 atom stereocenters. The molecule has 2 N–H and O–H groups in total. The van der Waals surface area contributed by atoms with Gasteiger partial charge in [0.1, 0.15) is 0 Å². The van der Waals surface area contributed by atoms with E-state index in [2.05, 4.69) is 36.6 Å². The zero-order valence-corrected chi connectivity index (χ0v) is 22.0. The molecule has 0 spiro atoms. The summed E-state index contributed by atoms with van der Waals surface area (Å²) in [5.41, 5.74) is 0.799. The summed E-state index contributed by atoms with van der Waals surface area (Å²) >= 11 is 0. The van der Waals surface area contributed by atoms with Crippen LogP contribution in [0.4, 0.5) is 4.79 Å². The van der Waals surface area contributed by atoms with Crippen LogP contribution in [-0.4, -0.2) is 70.4 Å². The molecule has 0 saturated carbocycles. The van der Waals surface area contributed by atoms with Crippen LogP contribution in [0.3, 0.4) is 0 Å². The van der Waals surface area contributed by atoms with Gasteiger partial charge in [-0.05, 0) is 42.9 Å². The van der Waals surface area contributed by atoms with E-state index in [1.54, 1.807) is 18.2 Å². The summed E-state index contributed by atoms with van der Waals surface area (Å²) in [6.07, 6.45) is 6.60. The third-order valence-electron chi connectivity index (χ3n) is 4.88. The molecule has 0 unspecified atom stereocenters. The fraction of sp³-hybridized carbons (Fsp3) is 0.577. The maximum absolute atomic E-state index is 12.1. The summed E-state index contributed by atoms with van der Waals surface area (Å²) in [6.45, 7) is 5.40. The average molecular weight is 493 g/mol. The van der Waals surface area contributed by atoms with Crippen molar-refractivity contribution in [1.29, 1.82) is 0 Å². The highest BCUT2D eigenvalue weighted by atomic mass is 16.7. The van der Waals surface area contributed by atoms with E-state index in [0.29, 0.717) is 35.7 Å². The smallest absolute Gasteiger partial charge is 0.493 e. The first-order chi connectivity index (χ1) is 16.5. The standard InChI is InChI=1S/C26H41N3O6/c1-20(2)11-9-7-8-10-12-24(30)28-18-21-13-14-22(23(17-21)33-6)35-26(32)34-19-25(31)27-15-16-29(3,4)5/h9,11,13-14,17,20H,7-8,10,12,15-16,18-19H2,1-6H3,(H-,27,28,30,31)/p+1/b11-9+. The quantitative estimate of drug-likeness (QED) is 0.128. The van der Waals surface area contributed by atoms with E-state index in [0.717, 1.165) is 31.4 Å². The number of unbranched alkanes of at least 4 members (excludes halogenated alkanes) is 2. The van der Waals surface area contributed by atoms with Gasteiger partial charge < -0.3 is 29.3 Å². The predicted molar refractivity (Wildman–Crippen MR) is 135 cm³/mol. The molecule has 9 nitrogen and oxygen atoms in total. The minimum atomic E-state index is -1.01. The fourth-order valence-corrected chi connectivity index (χ4v) is 2.94. The third-order valence-corrected chi connectivity index (χ3v) is 4.88. The van der Waals surface area contributed by atoms with Gasteiger partial charge in [0.05, 0.1) is 41.3 Å². The molecule has 0 aliphatic heterocycles. The first kappa shape index (κ1) is 30.0. The number of likely N-dealkylation sites (N-methyl/N-ethyl adjacent to an activating group) is 1. The Labute approximate surface area is 209 Å². The lowest BCUT2D eigenvalue weighted by molar-refractivity contribution is -0.869. The Balaban J connectivity index is 2.41. The highest BCUT2D eigenvalue weighted by Crippen LogP contribution is 2.28. The van der Waals surface area contributed by atoms with Crippen LogP contribution in [0, 0.1) is 5.92 Å². The van der Waals surface area contributed by atoms with E-state index in [4.69, 9.17) is 14.2 Å². The van der Waals surface area contributed by atoms with Crippen LogP contribution < -0.4 is 20.1 Å². The van der Waals surface area contributed by atoms with Crippen molar-refractivity contribution in [1.82, 2.24) is 10.6 Å². The largest absolute Gasteiger partial charge is 0.514 e. The van der Waals surface area contributed by atoms with Crippen molar-refractivity contribution < 1.29 is 33.1 Å². The maximum atomic E-state index is 12.1. The maximum Gasteiger partial charge on any atom is 0.514 e. The number of allylic oxidation sites excluding steroid dienone is 2. The van der Waals surface area contributed by atoms with Crippen molar-refractivity contribution in [2.45, 2.75) is 46.1 Å². The van der Waals surface area contributed by atoms with Crippen molar-refractivity contribution in [2.75, 3.05) is 47.9 Å². The zero-order valence-electron chi connectivity index (χ0n) is 22.0. The van der Waals surface area contributed by atoms with Crippen LogP contribution in [0.1, 0.15) is 45.1 Å². The molecule has 9 heteroatoms. The zero-order chi connectivity index (χ0) is 26.3. The van der Waals surface area contributed by atoms with Gasteiger partial charge in [0.15, 0.2) is 18.1 Å². The van der Waals surface area contributed by atoms with Crippen molar-refractivity contribution in [2.24, 2.45) is 5.92 Å². The van der Waals surface area contributed by atoms with E-state index < -0.39 is 18.7 Å². The Morgan fingerprint density at radius 1 is 1.03 bits per heavy atom. The SMILES string of the molecule is COc1cc(CNC(=O)CCCC/C=C/C(C)C)ccc1OC(=O)OCC(=O)NCC[N+](C)(C)C. The van der Waals surface area contributed by atoms with Crippen molar-refractivity contribution in [3.63, 3.8) is 0 Å². The Morgan fingerprint density at radius 2 is 1.77 bits per heavy atom. The van der Waals surface area contributed by atoms with E-state index in [1.165, 1.54) is 7.11 Å². The number of quaternary nitrogens is 1. The fourth-order valence-electron chi connectivity index (χ4n) is 2.94. The van der Waals surface area contributed by atoms with E-state index in [9.17, 15) is 14.4 Å². The number of benzene rings is 1. The molecule has 0 aromatic heterocycles. The number of carbonyl (C=O) groups excluding carboxylic acids is 3. The molecule has 0 heterocycles. The number of amides is 2. The molecule has 35 heavy (non-hydrogen) atoms. The molecule has 0 fully saturated rings. The lowest BCUT2D eigenvalue weighted by Gasteiger charge is -2.23. The number of rotatable bonds is 15. The Bertz CT molecular complexity index is 846. The van der Waals surface area contributed by atoms with Gasteiger partial charge in [-0.25, -0.2) is 4.79 Å². The van der Waals surface area contributed by atoms with Crippen molar-refractivity contribution in [3.8, 4) is 11.5 Å². The summed E-state index contributed by atoms with van der Waals surface area (Å²) < 4.78 is 16.0. The minimum absolute atomic E-state index is 0.0135. The second-order valence-corrected chi connectivity index (χ2v) is 9.68. The Morgan fingerprint density at radius 3 is 2.43 bits per heavy atom. The van der Waals surface area contributed by atoms with Crippen molar-refractivity contribution >= 4 is 18.0 Å². The van der Waals surface area contributed by atoms with Crippen molar-refractivity contribution in [3.05, 3.63) is 35.9 Å². The lowest BCUT2D eigenvalue weighted by atomic mass is 10.1. The topological polar surface area (TPSA) is 103 Å². The number of nitrogens with zero attached hydrogens (tertiary/aromatic N) is 1. The Hall–Kier alpha value is -3.07. The highest BCUT2D eigenvalue weighted by Gasteiger charge is 2.15. The molecule has 0 saturated heterocycles. The van der Waals surface area contributed by atoms with Gasteiger partial charge in [-0.2, -0.15) is 0 Å². The predicted octanol–water partition coefficient (Wildman–Crippen LogP) is 3.42. The molecule has 0 bridgehead atoms. The highest BCUT2D eigenvalue weighted by molar-refractivity contribution is 5.79. The molecule has 1 aromatic carbocycles. The number of nitrogens with one attached hydrogen (secondary N) is 2. The molecule has 1 aromatic rings. The molecular weight excluding hydrogens is 450 g/mol. The molecule has 1 rings (SSSR count). The second kappa shape index (κ2) is 15.8. The van der Waals surface area contributed by atoms with Gasteiger partial charge in [-0.1, -0.05) is 32.1 Å². The van der Waals surface area contributed by atoms with Gasteiger partial charge >= 0.3 is 6.16 Å². The Kier molecular flexibility index (Phi) is 13.5. The minimum Gasteiger partial charge on any atom is -0.493 e. The van der Waals surface area contributed by atoms with E-state index in [-0.39, 0.29) is 11.7 Å². The van der Waals surface area contributed by atoms with Crippen LogP contribution >= 0.6 is 0 Å². The van der Waals surface area contributed by atoms with Gasteiger partial charge in [0.25, 0.3) is 5.91 Å². The van der Waals surface area contributed by atoms with Gasteiger partial charge in [0, 0.05) is 13.0 Å². The number of hydrogen-bond donors (Lipinski definition) is 2. The second-order valence-electron chi connectivity index (χ2n) is 9.68. The number of hydrogen-bond acceptors (Lipinski definition) is 6. The molecule has 0 aliphatic rings. The molecular formula is C26H42N3O6+. The summed E-state index contributed by atoms with van der Waals surface area (Å²) in [4.78, 5) is 35.9. The van der Waals surface area contributed by atoms with Crippen LogP contribution in [0.25, 0.3) is 0 Å². The van der Waals surface area contributed by atoms with Crippen LogP contribution in [-0.2, 0) is 20.9 Å². The first-order valence-electron chi connectivity index (χ1n) is 12.0. The monoisotopic (exact) mass is 492 g/mol. The molecule has 0 aliphatic carbocycles. The number of methoxy groups -OCH3 is 1. The first-order valence-corrected chi connectivity index (χ1v) is 12.0. The van der Waals surface area contributed by atoms with Gasteiger partial charge in [-0.15, -0.1) is 0 Å². The average Bonchev–Trinajstić information content (AvgIpc) is 2.78. The summed E-state index contributed by atoms with van der Waals surface area (Å²) in [5.74, 6) is 0.610. The van der Waals surface area contributed by atoms with Crippen LogP contribution in [0.5, 0.6) is 11.5 Å².